The van der Waals surface area contributed by atoms with Crippen molar-refractivity contribution in [3.05, 3.63) is 83.8 Å². The van der Waals surface area contributed by atoms with Gasteiger partial charge in [-0.1, -0.05) is 30.3 Å². The average Bonchev–Trinajstić information content (AvgIpc) is 3.16. The van der Waals surface area contributed by atoms with Crippen LogP contribution in [0.3, 0.4) is 0 Å². The summed E-state index contributed by atoms with van der Waals surface area (Å²) < 4.78 is 24.5. The molecule has 4 aromatic rings. The number of hydrogen-bond acceptors (Lipinski definition) is 3. The van der Waals surface area contributed by atoms with Crippen molar-refractivity contribution in [3.8, 4) is 22.6 Å². The van der Waals surface area contributed by atoms with Crippen LogP contribution in [0.4, 0.5) is 4.39 Å². The number of carbonyl (C=O) groups excluding carboxylic acids is 1. The predicted octanol–water partition coefficient (Wildman–Crippen LogP) is 4.92. The largest absolute Gasteiger partial charge is 0.497 e. The van der Waals surface area contributed by atoms with Crippen LogP contribution in [0, 0.1) is 5.82 Å². The molecule has 0 aliphatic heterocycles. The summed E-state index contributed by atoms with van der Waals surface area (Å²) in [6.07, 6.45) is 0. The van der Waals surface area contributed by atoms with Gasteiger partial charge in [0.1, 0.15) is 23.0 Å². The molecule has 0 radical (unpaired) electrons. The molecule has 0 aliphatic rings. The summed E-state index contributed by atoms with van der Waals surface area (Å²) in [6, 6.07) is 19.4. The minimum Gasteiger partial charge on any atom is -0.497 e. The maximum Gasteiger partial charge on any atom is 0.268 e. The van der Waals surface area contributed by atoms with Gasteiger partial charge in [-0.05, 0) is 41.5 Å². The van der Waals surface area contributed by atoms with E-state index in [0.29, 0.717) is 33.7 Å². The molecule has 152 valence electrons. The SMILES string of the molecule is COc1cc(CNC(=O)c2[nH]c3ccc(F)cc3c2-c2ccccc2)cc(OC)c1. The summed E-state index contributed by atoms with van der Waals surface area (Å²) in [6.45, 7) is 0.282. The number of benzene rings is 3. The van der Waals surface area contributed by atoms with Gasteiger partial charge in [-0.15, -0.1) is 0 Å². The highest BCUT2D eigenvalue weighted by molar-refractivity contribution is 6.09. The van der Waals surface area contributed by atoms with Gasteiger partial charge in [0.05, 0.1) is 14.2 Å². The van der Waals surface area contributed by atoms with E-state index in [1.54, 1.807) is 26.4 Å². The van der Waals surface area contributed by atoms with Gasteiger partial charge in [0, 0.05) is 29.1 Å². The number of halogens is 1. The molecule has 1 aromatic heterocycles. The number of H-pyrrole nitrogens is 1. The van der Waals surface area contributed by atoms with Crippen molar-refractivity contribution < 1.29 is 18.7 Å². The lowest BCUT2D eigenvalue weighted by Crippen LogP contribution is -2.23. The Morgan fingerprint density at radius 3 is 2.33 bits per heavy atom. The van der Waals surface area contributed by atoms with Crippen molar-refractivity contribution in [2.45, 2.75) is 6.54 Å². The normalized spacial score (nSPS) is 10.8. The maximum absolute atomic E-state index is 13.9. The molecule has 1 amide bonds. The molecule has 0 spiro atoms. The minimum absolute atomic E-state index is 0.282. The fourth-order valence-electron chi connectivity index (χ4n) is 3.48. The van der Waals surface area contributed by atoms with Crippen LogP contribution in [-0.4, -0.2) is 25.1 Å². The van der Waals surface area contributed by atoms with Crippen LogP contribution in [0.1, 0.15) is 16.1 Å². The van der Waals surface area contributed by atoms with Gasteiger partial charge in [0.25, 0.3) is 5.91 Å². The van der Waals surface area contributed by atoms with E-state index in [1.807, 2.05) is 42.5 Å². The molecule has 0 fully saturated rings. The summed E-state index contributed by atoms with van der Waals surface area (Å²) in [5.41, 5.74) is 3.43. The summed E-state index contributed by atoms with van der Waals surface area (Å²) >= 11 is 0. The summed E-state index contributed by atoms with van der Waals surface area (Å²) in [5.74, 6) is 0.649. The molecule has 0 bridgehead atoms. The molecule has 5 nitrogen and oxygen atoms in total. The lowest BCUT2D eigenvalue weighted by molar-refractivity contribution is 0.0947. The molecule has 4 rings (SSSR count). The van der Waals surface area contributed by atoms with Gasteiger partial charge in [0.2, 0.25) is 0 Å². The van der Waals surface area contributed by atoms with Gasteiger partial charge >= 0.3 is 0 Å². The molecule has 0 saturated carbocycles. The fraction of sp³-hybridized carbons (Fsp3) is 0.125. The number of fused-ring (bicyclic) bond motifs is 1. The first kappa shape index (κ1) is 19.5. The monoisotopic (exact) mass is 404 g/mol. The molecule has 0 aliphatic carbocycles. The van der Waals surface area contributed by atoms with Gasteiger partial charge < -0.3 is 19.8 Å². The van der Waals surface area contributed by atoms with E-state index < -0.39 is 0 Å². The zero-order valence-electron chi connectivity index (χ0n) is 16.7. The van der Waals surface area contributed by atoms with Gasteiger partial charge in [-0.2, -0.15) is 0 Å². The van der Waals surface area contributed by atoms with E-state index >= 15 is 0 Å². The Morgan fingerprint density at radius 1 is 0.967 bits per heavy atom. The van der Waals surface area contributed by atoms with Crippen molar-refractivity contribution in [1.82, 2.24) is 10.3 Å². The van der Waals surface area contributed by atoms with Crippen LogP contribution in [0.15, 0.2) is 66.7 Å². The Balaban J connectivity index is 1.69. The average molecular weight is 404 g/mol. The Kier molecular flexibility index (Phi) is 5.39. The number of aromatic nitrogens is 1. The van der Waals surface area contributed by atoms with Crippen molar-refractivity contribution in [3.63, 3.8) is 0 Å². The Hall–Kier alpha value is -3.80. The lowest BCUT2D eigenvalue weighted by atomic mass is 10.0. The Morgan fingerprint density at radius 2 is 1.67 bits per heavy atom. The highest BCUT2D eigenvalue weighted by Gasteiger charge is 2.19. The molecule has 30 heavy (non-hydrogen) atoms. The Bertz CT molecular complexity index is 1180. The lowest BCUT2D eigenvalue weighted by Gasteiger charge is -2.10. The van der Waals surface area contributed by atoms with E-state index in [4.69, 9.17) is 9.47 Å². The first-order valence-electron chi connectivity index (χ1n) is 9.46. The number of rotatable bonds is 6. The van der Waals surface area contributed by atoms with Crippen LogP contribution >= 0.6 is 0 Å². The van der Waals surface area contributed by atoms with E-state index in [2.05, 4.69) is 10.3 Å². The molecule has 0 atom stereocenters. The van der Waals surface area contributed by atoms with Crippen molar-refractivity contribution in [2.24, 2.45) is 0 Å². The van der Waals surface area contributed by atoms with Crippen LogP contribution in [-0.2, 0) is 6.54 Å². The third-order valence-electron chi connectivity index (χ3n) is 4.91. The van der Waals surface area contributed by atoms with E-state index in [1.165, 1.54) is 12.1 Å². The van der Waals surface area contributed by atoms with Crippen LogP contribution < -0.4 is 14.8 Å². The molecular weight excluding hydrogens is 383 g/mol. The molecule has 1 heterocycles. The second-order valence-corrected chi connectivity index (χ2v) is 6.83. The second kappa shape index (κ2) is 8.29. The predicted molar refractivity (Wildman–Crippen MR) is 114 cm³/mol. The molecule has 2 N–H and O–H groups in total. The van der Waals surface area contributed by atoms with Crippen LogP contribution in [0.25, 0.3) is 22.0 Å². The number of carbonyl (C=O) groups is 1. The fourth-order valence-corrected chi connectivity index (χ4v) is 3.48. The zero-order chi connectivity index (χ0) is 21.1. The van der Waals surface area contributed by atoms with Crippen molar-refractivity contribution in [1.29, 1.82) is 0 Å². The van der Waals surface area contributed by atoms with Crippen LogP contribution in [0.5, 0.6) is 11.5 Å². The number of hydrogen-bond donors (Lipinski definition) is 2. The summed E-state index contributed by atoms with van der Waals surface area (Å²) in [5, 5.41) is 3.59. The molecule has 0 unspecified atom stereocenters. The van der Waals surface area contributed by atoms with Gasteiger partial charge in [-0.25, -0.2) is 4.39 Å². The summed E-state index contributed by atoms with van der Waals surface area (Å²) in [7, 11) is 3.15. The minimum atomic E-state index is -0.353. The number of aromatic amines is 1. The van der Waals surface area contributed by atoms with Crippen LogP contribution in [0.2, 0.25) is 0 Å². The number of amides is 1. The molecule has 0 saturated heterocycles. The first-order valence-corrected chi connectivity index (χ1v) is 9.46. The third kappa shape index (κ3) is 3.85. The van der Waals surface area contributed by atoms with E-state index in [-0.39, 0.29) is 18.3 Å². The molecular formula is C24H21FN2O3. The highest BCUT2D eigenvalue weighted by Crippen LogP contribution is 2.33. The quantitative estimate of drug-likeness (QED) is 0.479. The number of ether oxygens (including phenoxy) is 2. The number of nitrogens with one attached hydrogen (secondary N) is 2. The topological polar surface area (TPSA) is 63.3 Å². The zero-order valence-corrected chi connectivity index (χ0v) is 16.7. The first-order chi connectivity index (χ1) is 14.6. The standard InChI is InChI=1S/C24H21FN2O3/c1-29-18-10-15(11-19(13-18)30-2)14-26-24(28)23-22(16-6-4-3-5-7-16)20-12-17(25)8-9-21(20)27-23/h3-13,27H,14H2,1-2H3,(H,26,28). The van der Waals surface area contributed by atoms with Crippen molar-refractivity contribution in [2.75, 3.05) is 14.2 Å². The third-order valence-corrected chi connectivity index (χ3v) is 4.91. The smallest absolute Gasteiger partial charge is 0.268 e. The molecule has 3 aromatic carbocycles. The Labute approximate surface area is 173 Å². The second-order valence-electron chi connectivity index (χ2n) is 6.83. The highest BCUT2D eigenvalue weighted by atomic mass is 19.1. The van der Waals surface area contributed by atoms with Gasteiger partial charge in [0.15, 0.2) is 0 Å². The van der Waals surface area contributed by atoms with E-state index in [0.717, 1.165) is 11.1 Å². The van der Waals surface area contributed by atoms with E-state index in [9.17, 15) is 9.18 Å². The van der Waals surface area contributed by atoms with Gasteiger partial charge in [-0.3, -0.25) is 4.79 Å². The summed E-state index contributed by atoms with van der Waals surface area (Å²) in [4.78, 5) is 16.2. The number of methoxy groups -OCH3 is 2. The maximum atomic E-state index is 13.9. The molecule has 6 heteroatoms. The van der Waals surface area contributed by atoms with Crippen molar-refractivity contribution >= 4 is 16.8 Å².